The Morgan fingerprint density at radius 2 is 2.11 bits per heavy atom. The summed E-state index contributed by atoms with van der Waals surface area (Å²) in [6.45, 7) is 4.45. The number of nitrogens with zero attached hydrogens (tertiary/aromatic N) is 2. The molecule has 1 amide bonds. The number of carbonyl (C=O) groups is 1. The average molecular weight is 263 g/mol. The number of nitrogens with one attached hydrogen (secondary N) is 1. The van der Waals surface area contributed by atoms with Crippen LogP contribution >= 0.6 is 0 Å². The van der Waals surface area contributed by atoms with Crippen molar-refractivity contribution in [2.45, 2.75) is 33.1 Å². The first kappa shape index (κ1) is 13.9. The highest BCUT2D eigenvalue weighted by molar-refractivity contribution is 5.95. The minimum absolute atomic E-state index is 0.0981. The number of aromatic nitrogens is 2. The molecule has 2 N–H and O–H groups in total. The van der Waals surface area contributed by atoms with Crippen LogP contribution in [-0.2, 0) is 0 Å². The molecule has 1 aromatic rings. The quantitative estimate of drug-likeness (QED) is 0.857. The number of aryl methyl sites for hydroxylation is 2. The Kier molecular flexibility index (Phi) is 4.47. The van der Waals surface area contributed by atoms with Crippen LogP contribution in [0.1, 0.15) is 41.0 Å². The maximum atomic E-state index is 12.1. The van der Waals surface area contributed by atoms with Gasteiger partial charge in [0.15, 0.2) is 0 Å². The lowest BCUT2D eigenvalue weighted by Gasteiger charge is -2.18. The minimum Gasteiger partial charge on any atom is -0.396 e. The number of rotatable bonds is 4. The van der Waals surface area contributed by atoms with Gasteiger partial charge in [0.1, 0.15) is 0 Å². The van der Waals surface area contributed by atoms with Gasteiger partial charge in [0.25, 0.3) is 5.91 Å². The van der Waals surface area contributed by atoms with Gasteiger partial charge in [-0.25, -0.2) is 0 Å². The van der Waals surface area contributed by atoms with E-state index in [1.54, 1.807) is 13.0 Å². The van der Waals surface area contributed by atoms with E-state index in [0.29, 0.717) is 29.6 Å². The molecule has 2 rings (SSSR count). The van der Waals surface area contributed by atoms with Crippen LogP contribution in [0.5, 0.6) is 0 Å². The maximum absolute atomic E-state index is 12.1. The van der Waals surface area contributed by atoms with Crippen molar-refractivity contribution >= 4 is 5.91 Å². The molecule has 0 aliphatic heterocycles. The summed E-state index contributed by atoms with van der Waals surface area (Å²) in [7, 11) is 0. The molecule has 0 aromatic carbocycles. The van der Waals surface area contributed by atoms with E-state index in [0.717, 1.165) is 25.0 Å². The van der Waals surface area contributed by atoms with Crippen LogP contribution in [0.2, 0.25) is 0 Å². The van der Waals surface area contributed by atoms with Crippen LogP contribution in [0.3, 0.4) is 0 Å². The van der Waals surface area contributed by atoms with E-state index in [9.17, 15) is 9.90 Å². The molecular weight excluding hydrogens is 242 g/mol. The first-order valence-electron chi connectivity index (χ1n) is 6.81. The Bertz CT molecular complexity index is 462. The Morgan fingerprint density at radius 3 is 2.84 bits per heavy atom. The van der Waals surface area contributed by atoms with Crippen molar-refractivity contribution in [3.05, 3.63) is 23.0 Å². The summed E-state index contributed by atoms with van der Waals surface area (Å²) in [6.07, 6.45) is 3.28. The molecule has 5 nitrogen and oxygen atoms in total. The summed E-state index contributed by atoms with van der Waals surface area (Å²) >= 11 is 0. The van der Waals surface area contributed by atoms with E-state index < -0.39 is 0 Å². The zero-order chi connectivity index (χ0) is 13.8. The van der Waals surface area contributed by atoms with Gasteiger partial charge in [0, 0.05) is 13.2 Å². The normalized spacial score (nSPS) is 22.5. The van der Waals surface area contributed by atoms with E-state index in [1.165, 1.54) is 0 Å². The largest absolute Gasteiger partial charge is 0.396 e. The molecule has 2 unspecified atom stereocenters. The molecule has 0 saturated heterocycles. The molecule has 2 atom stereocenters. The summed E-state index contributed by atoms with van der Waals surface area (Å²) in [5, 5.41) is 20.1. The molecule has 1 aliphatic rings. The van der Waals surface area contributed by atoms with E-state index in [1.807, 2.05) is 6.92 Å². The molecule has 5 heteroatoms. The fourth-order valence-corrected chi connectivity index (χ4v) is 2.72. The summed E-state index contributed by atoms with van der Waals surface area (Å²) in [6, 6.07) is 1.76. The van der Waals surface area contributed by atoms with Gasteiger partial charge in [-0.15, -0.1) is 0 Å². The molecule has 1 aliphatic carbocycles. The molecule has 19 heavy (non-hydrogen) atoms. The van der Waals surface area contributed by atoms with Gasteiger partial charge < -0.3 is 10.4 Å². The second kappa shape index (κ2) is 6.10. The van der Waals surface area contributed by atoms with Gasteiger partial charge in [-0.2, -0.15) is 10.2 Å². The standard InChI is InChI=1S/C14H21N3O2/c1-9-6-13(10(2)17-16-9)14(19)15-7-11-4-3-5-12(11)8-18/h6,11-12,18H,3-5,7-8H2,1-2H3,(H,15,19). The zero-order valence-corrected chi connectivity index (χ0v) is 11.5. The van der Waals surface area contributed by atoms with Gasteiger partial charge in [-0.05, 0) is 44.6 Å². The second-order valence-electron chi connectivity index (χ2n) is 5.33. The molecule has 1 fully saturated rings. The van der Waals surface area contributed by atoms with Crippen molar-refractivity contribution in [3.8, 4) is 0 Å². The molecule has 0 bridgehead atoms. The second-order valence-corrected chi connectivity index (χ2v) is 5.33. The molecule has 0 radical (unpaired) electrons. The number of hydrogen-bond donors (Lipinski definition) is 2. The number of aliphatic hydroxyl groups is 1. The number of hydrogen-bond acceptors (Lipinski definition) is 4. The predicted molar refractivity (Wildman–Crippen MR) is 71.8 cm³/mol. The molecular formula is C14H21N3O2. The number of aliphatic hydroxyl groups excluding tert-OH is 1. The van der Waals surface area contributed by atoms with Gasteiger partial charge in [0.2, 0.25) is 0 Å². The highest BCUT2D eigenvalue weighted by Gasteiger charge is 2.27. The van der Waals surface area contributed by atoms with Crippen LogP contribution in [0.4, 0.5) is 0 Å². The van der Waals surface area contributed by atoms with E-state index in [4.69, 9.17) is 0 Å². The Morgan fingerprint density at radius 1 is 1.37 bits per heavy atom. The SMILES string of the molecule is Cc1cc(C(=O)NCC2CCCC2CO)c(C)nn1. The first-order valence-corrected chi connectivity index (χ1v) is 6.81. The van der Waals surface area contributed by atoms with Crippen molar-refractivity contribution in [1.29, 1.82) is 0 Å². The third kappa shape index (κ3) is 3.29. The average Bonchev–Trinajstić information content (AvgIpc) is 2.86. The molecule has 1 heterocycles. The third-order valence-electron chi connectivity index (χ3n) is 3.92. The zero-order valence-electron chi connectivity index (χ0n) is 11.5. The maximum Gasteiger partial charge on any atom is 0.253 e. The summed E-state index contributed by atoms with van der Waals surface area (Å²) < 4.78 is 0. The fourth-order valence-electron chi connectivity index (χ4n) is 2.72. The van der Waals surface area contributed by atoms with E-state index >= 15 is 0 Å². The smallest absolute Gasteiger partial charge is 0.253 e. The van der Waals surface area contributed by atoms with Crippen LogP contribution in [0.15, 0.2) is 6.07 Å². The molecule has 104 valence electrons. The van der Waals surface area contributed by atoms with Crippen molar-refractivity contribution < 1.29 is 9.90 Å². The first-order chi connectivity index (χ1) is 9.11. The lowest BCUT2D eigenvalue weighted by atomic mass is 9.97. The number of carbonyl (C=O) groups excluding carboxylic acids is 1. The third-order valence-corrected chi connectivity index (χ3v) is 3.92. The van der Waals surface area contributed by atoms with Crippen LogP contribution in [0.25, 0.3) is 0 Å². The molecule has 0 spiro atoms. The van der Waals surface area contributed by atoms with E-state index in [-0.39, 0.29) is 12.5 Å². The molecule has 1 aromatic heterocycles. The van der Waals surface area contributed by atoms with Gasteiger partial charge in [-0.3, -0.25) is 4.79 Å². The lowest BCUT2D eigenvalue weighted by Crippen LogP contribution is -2.32. The Balaban J connectivity index is 1.96. The Hall–Kier alpha value is -1.49. The highest BCUT2D eigenvalue weighted by atomic mass is 16.3. The van der Waals surface area contributed by atoms with Gasteiger partial charge in [0.05, 0.1) is 17.0 Å². The Labute approximate surface area is 113 Å². The van der Waals surface area contributed by atoms with Crippen molar-refractivity contribution in [1.82, 2.24) is 15.5 Å². The van der Waals surface area contributed by atoms with Crippen LogP contribution < -0.4 is 5.32 Å². The number of amides is 1. The monoisotopic (exact) mass is 263 g/mol. The lowest BCUT2D eigenvalue weighted by molar-refractivity contribution is 0.0936. The fraction of sp³-hybridized carbons (Fsp3) is 0.643. The van der Waals surface area contributed by atoms with Gasteiger partial charge >= 0.3 is 0 Å². The molecule has 1 saturated carbocycles. The van der Waals surface area contributed by atoms with E-state index in [2.05, 4.69) is 15.5 Å². The van der Waals surface area contributed by atoms with Crippen LogP contribution in [-0.4, -0.2) is 34.4 Å². The van der Waals surface area contributed by atoms with Crippen LogP contribution in [0, 0.1) is 25.7 Å². The highest BCUT2D eigenvalue weighted by Crippen LogP contribution is 2.30. The summed E-state index contributed by atoms with van der Waals surface area (Å²) in [5.41, 5.74) is 1.98. The van der Waals surface area contributed by atoms with Crippen molar-refractivity contribution in [3.63, 3.8) is 0 Å². The summed E-state index contributed by atoms with van der Waals surface area (Å²) in [5.74, 6) is 0.628. The van der Waals surface area contributed by atoms with Crippen molar-refractivity contribution in [2.75, 3.05) is 13.2 Å². The predicted octanol–water partition coefficient (Wildman–Crippen LogP) is 1.23. The minimum atomic E-state index is -0.0981. The van der Waals surface area contributed by atoms with Crippen molar-refractivity contribution in [2.24, 2.45) is 11.8 Å². The van der Waals surface area contributed by atoms with Gasteiger partial charge in [-0.1, -0.05) is 6.42 Å². The summed E-state index contributed by atoms with van der Waals surface area (Å²) in [4.78, 5) is 12.1. The topological polar surface area (TPSA) is 75.1 Å².